The van der Waals surface area contributed by atoms with Gasteiger partial charge in [-0.25, -0.2) is 9.97 Å². The van der Waals surface area contributed by atoms with E-state index in [1.807, 2.05) is 19.1 Å². The lowest BCUT2D eigenvalue weighted by atomic mass is 9.49. The fraction of sp³-hybridized carbons (Fsp3) is 0.500. The van der Waals surface area contributed by atoms with Crippen LogP contribution in [0.4, 0.5) is 5.82 Å². The van der Waals surface area contributed by atoms with Gasteiger partial charge in [0.1, 0.15) is 17.2 Å². The van der Waals surface area contributed by atoms with Gasteiger partial charge in [-0.1, -0.05) is 12.1 Å². The van der Waals surface area contributed by atoms with Gasteiger partial charge in [0, 0.05) is 29.7 Å². The molecule has 4 aliphatic rings. The Bertz CT molecular complexity index is 1150. The lowest BCUT2D eigenvalue weighted by molar-refractivity contribution is -0.117. The average Bonchev–Trinajstić information content (AvgIpc) is 2.77. The molecule has 4 fully saturated rings. The number of aryl methyl sites for hydroxylation is 1. The maximum Gasteiger partial charge on any atom is 0.270 e. The third-order valence-corrected chi connectivity index (χ3v) is 7.60. The molecule has 2 aromatic heterocycles. The molecular weight excluding hydrogens is 444 g/mol. The first-order valence-electron chi connectivity index (χ1n) is 12.3. The van der Waals surface area contributed by atoms with Crippen LogP contribution in [0.25, 0.3) is 0 Å². The smallest absolute Gasteiger partial charge is 0.270 e. The highest BCUT2D eigenvalue weighted by Gasteiger charge is 2.58. The molecular formula is C26H32N6O3. The predicted octanol–water partition coefficient (Wildman–Crippen LogP) is 2.32. The molecule has 4 saturated carbocycles. The van der Waals surface area contributed by atoms with Crippen LogP contribution in [-0.2, 0) is 4.79 Å². The topological polar surface area (TPSA) is 139 Å². The number of hydrogen-bond acceptors (Lipinski definition) is 6. The monoisotopic (exact) mass is 476 g/mol. The van der Waals surface area contributed by atoms with Crippen molar-refractivity contribution in [3.05, 3.63) is 53.5 Å². The van der Waals surface area contributed by atoms with Crippen LogP contribution in [0.5, 0.6) is 0 Å². The number of hydrogen-bond donors (Lipinski definition) is 4. The SMILES string of the molecule is Cc1cccc(C(=O)NC23CC4CC(C2)CC(NC(=O)c2cccc(NCCC(N)=O)n2)(C4)C3)n1. The van der Waals surface area contributed by atoms with Gasteiger partial charge >= 0.3 is 0 Å². The maximum atomic E-state index is 13.3. The first-order valence-corrected chi connectivity index (χ1v) is 12.3. The Balaban J connectivity index is 1.30. The Labute approximate surface area is 204 Å². The van der Waals surface area contributed by atoms with Crippen LogP contribution >= 0.6 is 0 Å². The zero-order valence-electron chi connectivity index (χ0n) is 20.0. The summed E-state index contributed by atoms with van der Waals surface area (Å²) in [7, 11) is 0. The number of amides is 3. The fourth-order valence-corrected chi connectivity index (χ4v) is 6.81. The molecule has 3 amide bonds. The van der Waals surface area contributed by atoms with Crippen molar-refractivity contribution in [2.24, 2.45) is 17.6 Å². The van der Waals surface area contributed by atoms with Crippen LogP contribution in [-0.4, -0.2) is 45.3 Å². The van der Waals surface area contributed by atoms with Gasteiger partial charge in [-0.15, -0.1) is 0 Å². The first kappa shape index (κ1) is 23.3. The zero-order valence-corrected chi connectivity index (χ0v) is 20.0. The van der Waals surface area contributed by atoms with Gasteiger partial charge in [0.2, 0.25) is 5.91 Å². The molecule has 2 atom stereocenters. The number of aromatic nitrogens is 2. The van der Waals surface area contributed by atoms with E-state index < -0.39 is 5.91 Å². The summed E-state index contributed by atoms with van der Waals surface area (Å²) in [5.74, 6) is 0.709. The van der Waals surface area contributed by atoms with E-state index >= 15 is 0 Å². The van der Waals surface area contributed by atoms with Gasteiger partial charge in [-0.3, -0.25) is 14.4 Å². The van der Waals surface area contributed by atoms with Gasteiger partial charge in [-0.05, 0) is 81.5 Å². The number of anilines is 1. The van der Waals surface area contributed by atoms with Crippen molar-refractivity contribution < 1.29 is 14.4 Å². The summed E-state index contributed by atoms with van der Waals surface area (Å²) in [5, 5.41) is 9.68. The van der Waals surface area contributed by atoms with E-state index in [0.717, 1.165) is 37.8 Å². The highest BCUT2D eigenvalue weighted by molar-refractivity contribution is 5.94. The Kier molecular flexibility index (Phi) is 5.94. The van der Waals surface area contributed by atoms with Gasteiger partial charge in [0.25, 0.3) is 11.8 Å². The summed E-state index contributed by atoms with van der Waals surface area (Å²) in [5.41, 5.74) is 6.07. The standard InChI is InChI=1S/C26H32N6O3/c1-16-4-2-5-19(29-16)23(34)31-25-11-17-10-18(12-25)14-26(13-17,15-25)32-24(35)20-6-3-7-22(30-20)28-9-8-21(27)33/h2-7,17-18H,8-15H2,1H3,(H2,27,33)(H,28,30)(H,31,34)(H,32,35). The second-order valence-corrected chi connectivity index (χ2v) is 10.6. The number of rotatable bonds is 8. The predicted molar refractivity (Wildman–Crippen MR) is 131 cm³/mol. The van der Waals surface area contributed by atoms with Crippen molar-refractivity contribution in [1.29, 1.82) is 0 Å². The quantitative estimate of drug-likeness (QED) is 0.461. The molecule has 0 aromatic carbocycles. The van der Waals surface area contributed by atoms with E-state index in [2.05, 4.69) is 25.9 Å². The van der Waals surface area contributed by atoms with E-state index in [9.17, 15) is 14.4 Å². The fourth-order valence-electron chi connectivity index (χ4n) is 6.81. The first-order chi connectivity index (χ1) is 16.7. The Morgan fingerprint density at radius 1 is 0.914 bits per heavy atom. The Morgan fingerprint density at radius 2 is 1.49 bits per heavy atom. The number of nitrogens with two attached hydrogens (primary N) is 1. The van der Waals surface area contributed by atoms with Crippen LogP contribution in [0.2, 0.25) is 0 Å². The minimum Gasteiger partial charge on any atom is -0.370 e. The molecule has 9 nitrogen and oxygen atoms in total. The maximum absolute atomic E-state index is 13.3. The van der Waals surface area contributed by atoms with Gasteiger partial charge in [0.05, 0.1) is 0 Å². The molecule has 35 heavy (non-hydrogen) atoms. The second kappa shape index (κ2) is 8.94. The normalized spacial score (nSPS) is 28.4. The minimum atomic E-state index is -0.396. The molecule has 9 heteroatoms. The molecule has 6 rings (SSSR count). The van der Waals surface area contributed by atoms with Crippen molar-refractivity contribution in [3.63, 3.8) is 0 Å². The highest BCUT2D eigenvalue weighted by Crippen LogP contribution is 2.57. The van der Waals surface area contributed by atoms with E-state index in [-0.39, 0.29) is 29.3 Å². The number of primary amides is 1. The zero-order chi connectivity index (χ0) is 24.6. The van der Waals surface area contributed by atoms with Gasteiger partial charge < -0.3 is 21.7 Å². The van der Waals surface area contributed by atoms with Crippen molar-refractivity contribution in [3.8, 4) is 0 Å². The van der Waals surface area contributed by atoms with Crippen LogP contribution < -0.4 is 21.7 Å². The van der Waals surface area contributed by atoms with E-state index in [1.54, 1.807) is 24.3 Å². The van der Waals surface area contributed by atoms with Gasteiger partial charge in [0.15, 0.2) is 0 Å². The number of nitrogens with zero attached hydrogens (tertiary/aromatic N) is 2. The molecule has 4 aliphatic carbocycles. The number of carbonyl (C=O) groups is 3. The van der Waals surface area contributed by atoms with Crippen LogP contribution in [0, 0.1) is 18.8 Å². The molecule has 5 N–H and O–H groups in total. The molecule has 4 bridgehead atoms. The Hall–Kier alpha value is -3.49. The summed E-state index contributed by atoms with van der Waals surface area (Å²) in [6.07, 6.45) is 5.78. The lowest BCUT2D eigenvalue weighted by Gasteiger charge is -2.62. The average molecular weight is 477 g/mol. The third-order valence-electron chi connectivity index (χ3n) is 7.60. The van der Waals surface area contributed by atoms with E-state index in [1.165, 1.54) is 0 Å². The molecule has 0 spiro atoms. The van der Waals surface area contributed by atoms with Crippen LogP contribution in [0.1, 0.15) is 71.6 Å². The molecule has 2 unspecified atom stereocenters. The summed E-state index contributed by atoms with van der Waals surface area (Å²) in [6.45, 7) is 2.24. The summed E-state index contributed by atoms with van der Waals surface area (Å²) in [4.78, 5) is 46.2. The van der Waals surface area contributed by atoms with Crippen LogP contribution in [0.15, 0.2) is 36.4 Å². The summed E-state index contributed by atoms with van der Waals surface area (Å²) in [6, 6.07) is 10.7. The molecule has 0 saturated heterocycles. The van der Waals surface area contributed by atoms with E-state index in [0.29, 0.717) is 42.0 Å². The largest absolute Gasteiger partial charge is 0.370 e. The van der Waals surface area contributed by atoms with E-state index in [4.69, 9.17) is 5.73 Å². The minimum absolute atomic E-state index is 0.145. The second-order valence-electron chi connectivity index (χ2n) is 10.6. The molecule has 184 valence electrons. The molecule has 0 aliphatic heterocycles. The summed E-state index contributed by atoms with van der Waals surface area (Å²) >= 11 is 0. The van der Waals surface area contributed by atoms with Crippen molar-refractivity contribution >= 4 is 23.5 Å². The molecule has 0 radical (unpaired) electrons. The van der Waals surface area contributed by atoms with Gasteiger partial charge in [-0.2, -0.15) is 0 Å². The number of pyridine rings is 2. The number of nitrogens with one attached hydrogen (secondary N) is 3. The van der Waals surface area contributed by atoms with Crippen LogP contribution in [0.3, 0.4) is 0 Å². The van der Waals surface area contributed by atoms with Crippen molar-refractivity contribution in [2.75, 3.05) is 11.9 Å². The lowest BCUT2D eigenvalue weighted by Crippen LogP contribution is -2.70. The van der Waals surface area contributed by atoms with Crippen molar-refractivity contribution in [2.45, 2.75) is 62.9 Å². The van der Waals surface area contributed by atoms with Crippen molar-refractivity contribution in [1.82, 2.24) is 20.6 Å². The molecule has 2 heterocycles. The molecule has 2 aromatic rings. The Morgan fingerprint density at radius 3 is 2.06 bits per heavy atom. The number of carbonyl (C=O) groups excluding carboxylic acids is 3. The highest BCUT2D eigenvalue weighted by atomic mass is 16.2. The summed E-state index contributed by atoms with van der Waals surface area (Å²) < 4.78 is 0. The third kappa shape index (κ3) is 4.99.